The molecule has 6 nitrogen and oxygen atoms in total. The number of hydrogen-bond acceptors (Lipinski definition) is 5. The number of carbonyl (C=O) groups is 1. The van der Waals surface area contributed by atoms with Gasteiger partial charge in [-0.15, -0.1) is 0 Å². The zero-order valence-electron chi connectivity index (χ0n) is 17.1. The summed E-state index contributed by atoms with van der Waals surface area (Å²) in [6.45, 7) is 13.6. The predicted octanol–water partition coefficient (Wildman–Crippen LogP) is 4.27. The first-order valence-corrected chi connectivity index (χ1v) is 9.31. The molecule has 1 N–H and O–H groups in total. The lowest BCUT2D eigenvalue weighted by Gasteiger charge is -2.32. The Kier molecular flexibility index (Phi) is 6.29. The molecule has 0 unspecified atom stereocenters. The van der Waals surface area contributed by atoms with Crippen molar-refractivity contribution in [3.63, 3.8) is 0 Å². The number of ether oxygens (including phenoxy) is 1. The predicted molar refractivity (Wildman–Crippen MR) is 108 cm³/mol. The van der Waals surface area contributed by atoms with Gasteiger partial charge in [0.25, 0.3) is 0 Å². The molecule has 0 spiro atoms. The molecule has 1 saturated heterocycles. The van der Waals surface area contributed by atoms with E-state index >= 15 is 0 Å². The highest BCUT2D eigenvalue weighted by molar-refractivity contribution is 6.56. The number of halogens is 1. The normalized spacial score (nSPS) is 19.1. The van der Waals surface area contributed by atoms with E-state index in [4.69, 9.17) is 25.6 Å². The lowest BCUT2D eigenvalue weighted by atomic mass is 9.77. The molecule has 2 rings (SSSR count). The minimum Gasteiger partial charge on any atom is -0.444 e. The zero-order valence-corrected chi connectivity index (χ0v) is 17.8. The summed E-state index contributed by atoms with van der Waals surface area (Å²) >= 11 is 5.91. The van der Waals surface area contributed by atoms with Crippen LogP contribution < -0.4 is 5.32 Å². The van der Waals surface area contributed by atoms with Gasteiger partial charge in [0.2, 0.25) is 0 Å². The van der Waals surface area contributed by atoms with Gasteiger partial charge in [-0.05, 0) is 72.1 Å². The van der Waals surface area contributed by atoms with Crippen LogP contribution in [0.5, 0.6) is 0 Å². The van der Waals surface area contributed by atoms with E-state index < -0.39 is 30.0 Å². The van der Waals surface area contributed by atoms with Crippen LogP contribution in [0.15, 0.2) is 23.8 Å². The van der Waals surface area contributed by atoms with Crippen molar-refractivity contribution < 1.29 is 18.8 Å². The van der Waals surface area contributed by atoms with Gasteiger partial charge >= 0.3 is 13.2 Å². The van der Waals surface area contributed by atoms with Gasteiger partial charge in [0.15, 0.2) is 0 Å². The number of nitrogens with zero attached hydrogens (tertiary/aromatic N) is 1. The van der Waals surface area contributed by atoms with Crippen LogP contribution in [0, 0.1) is 0 Å². The second kappa shape index (κ2) is 7.82. The maximum atomic E-state index is 12.1. The Hall–Kier alpha value is -1.57. The maximum absolute atomic E-state index is 12.1. The van der Waals surface area contributed by atoms with Gasteiger partial charge < -0.3 is 19.4 Å². The quantitative estimate of drug-likeness (QED) is 0.772. The summed E-state index contributed by atoms with van der Waals surface area (Å²) in [5.74, 6) is 0. The number of rotatable bonds is 4. The molecule has 2 heterocycles. The van der Waals surface area contributed by atoms with Crippen LogP contribution >= 0.6 is 11.6 Å². The van der Waals surface area contributed by atoms with E-state index in [1.165, 1.54) is 0 Å². The third-order valence-corrected chi connectivity index (χ3v) is 4.70. The molecule has 0 bridgehead atoms. The van der Waals surface area contributed by atoms with Crippen molar-refractivity contribution in [1.82, 2.24) is 10.3 Å². The van der Waals surface area contributed by atoms with Crippen LogP contribution in [-0.4, -0.2) is 41.5 Å². The number of pyridine rings is 1. The third kappa shape index (κ3) is 5.96. The summed E-state index contributed by atoms with van der Waals surface area (Å²) in [5.41, 5.74) is -0.133. The van der Waals surface area contributed by atoms with Crippen LogP contribution in [0.25, 0.3) is 6.08 Å². The van der Waals surface area contributed by atoms with Crippen LogP contribution in [0.1, 0.15) is 54.2 Å². The van der Waals surface area contributed by atoms with Crippen LogP contribution in [0.2, 0.25) is 5.02 Å². The van der Waals surface area contributed by atoms with E-state index in [1.807, 2.05) is 54.5 Å². The number of aromatic nitrogens is 1. The van der Waals surface area contributed by atoms with E-state index in [9.17, 15) is 4.79 Å². The smallest absolute Gasteiger partial charge is 0.444 e. The van der Waals surface area contributed by atoms with E-state index in [0.29, 0.717) is 10.7 Å². The van der Waals surface area contributed by atoms with Crippen LogP contribution in [0.3, 0.4) is 0 Å². The molecule has 0 atom stereocenters. The highest BCUT2D eigenvalue weighted by Gasteiger charge is 2.52. The highest BCUT2D eigenvalue weighted by atomic mass is 35.5. The molecule has 1 aliphatic rings. The Bertz CT molecular complexity index is 695. The minimum absolute atomic E-state index is 0.204. The summed E-state index contributed by atoms with van der Waals surface area (Å²) < 4.78 is 17.5. The Balaban J connectivity index is 2.22. The van der Waals surface area contributed by atoms with Gasteiger partial charge in [-0.3, -0.25) is 4.98 Å². The molecule has 0 radical (unpaired) electrons. The average Bonchev–Trinajstić information content (AvgIpc) is 2.72. The van der Waals surface area contributed by atoms with E-state index in [2.05, 4.69) is 10.3 Å². The Morgan fingerprint density at radius 3 is 2.33 bits per heavy atom. The lowest BCUT2D eigenvalue weighted by molar-refractivity contribution is 0.00578. The van der Waals surface area contributed by atoms with Gasteiger partial charge in [0, 0.05) is 12.7 Å². The lowest BCUT2D eigenvalue weighted by Crippen LogP contribution is -2.41. The minimum atomic E-state index is -0.609. The largest absolute Gasteiger partial charge is 0.492 e. The Morgan fingerprint density at radius 1 is 1.26 bits per heavy atom. The SMILES string of the molecule is CC(C)(C)OC(=O)NCC(=Cc1ccc(Cl)cn1)B1OC(C)(C)C(C)(C)O1. The van der Waals surface area contributed by atoms with Crippen LogP contribution in [-0.2, 0) is 14.0 Å². The Morgan fingerprint density at radius 2 is 1.85 bits per heavy atom. The molecule has 8 heteroatoms. The first-order valence-electron chi connectivity index (χ1n) is 8.94. The number of hydrogen-bond donors (Lipinski definition) is 1. The molecule has 148 valence electrons. The molecule has 1 fully saturated rings. The van der Waals surface area contributed by atoms with Gasteiger partial charge in [-0.2, -0.15) is 0 Å². The summed E-state index contributed by atoms with van der Waals surface area (Å²) in [6.07, 6.45) is 2.89. The summed E-state index contributed by atoms with van der Waals surface area (Å²) in [6, 6.07) is 3.55. The number of alkyl carbamates (subject to hydrolysis) is 1. The topological polar surface area (TPSA) is 69.7 Å². The molecule has 1 aromatic heterocycles. The summed E-state index contributed by atoms with van der Waals surface area (Å²) in [5, 5.41) is 3.31. The molecule has 1 aliphatic heterocycles. The molecule has 0 aliphatic carbocycles. The first-order chi connectivity index (χ1) is 12.3. The molecule has 0 saturated carbocycles. The number of nitrogens with one attached hydrogen (secondary N) is 1. The number of carbonyl (C=O) groups excluding carboxylic acids is 1. The first kappa shape index (κ1) is 21.7. The second-order valence-corrected chi connectivity index (χ2v) is 9.00. The Labute approximate surface area is 166 Å². The fourth-order valence-electron chi connectivity index (χ4n) is 2.35. The fraction of sp³-hybridized carbons (Fsp3) is 0.579. The van der Waals surface area contributed by atoms with Crippen molar-refractivity contribution in [3.05, 3.63) is 34.5 Å². The molecular weight excluding hydrogens is 366 g/mol. The van der Waals surface area contributed by atoms with E-state index in [0.717, 1.165) is 5.47 Å². The molecule has 1 aromatic rings. The highest BCUT2D eigenvalue weighted by Crippen LogP contribution is 2.38. The average molecular weight is 395 g/mol. The van der Waals surface area contributed by atoms with Crippen molar-refractivity contribution in [3.8, 4) is 0 Å². The van der Waals surface area contributed by atoms with Crippen molar-refractivity contribution in [1.29, 1.82) is 0 Å². The van der Waals surface area contributed by atoms with Crippen molar-refractivity contribution in [2.75, 3.05) is 6.54 Å². The van der Waals surface area contributed by atoms with E-state index in [-0.39, 0.29) is 6.54 Å². The zero-order chi connectivity index (χ0) is 20.5. The second-order valence-electron chi connectivity index (χ2n) is 8.56. The fourth-order valence-corrected chi connectivity index (χ4v) is 2.46. The van der Waals surface area contributed by atoms with E-state index in [1.54, 1.807) is 18.3 Å². The maximum Gasteiger partial charge on any atom is 0.492 e. The molecular formula is C19H28BClN2O4. The van der Waals surface area contributed by atoms with Gasteiger partial charge in [-0.25, -0.2) is 4.79 Å². The van der Waals surface area contributed by atoms with Crippen molar-refractivity contribution in [2.24, 2.45) is 0 Å². The van der Waals surface area contributed by atoms with Crippen LogP contribution in [0.4, 0.5) is 4.79 Å². The van der Waals surface area contributed by atoms with Gasteiger partial charge in [0.1, 0.15) is 5.60 Å². The molecule has 0 aromatic carbocycles. The summed E-state index contributed by atoms with van der Waals surface area (Å²) in [4.78, 5) is 16.3. The molecule has 1 amide bonds. The van der Waals surface area contributed by atoms with Crippen molar-refractivity contribution in [2.45, 2.75) is 65.3 Å². The number of amides is 1. The standard InChI is InChI=1S/C19H28BClN2O4/c1-17(2,3)25-16(24)23-11-13(10-15-9-8-14(21)12-22-15)20-26-18(4,5)19(6,7)27-20/h8-10,12H,11H2,1-7H3,(H,23,24). The van der Waals surface area contributed by atoms with Gasteiger partial charge in [0.05, 0.1) is 21.9 Å². The monoisotopic (exact) mass is 394 g/mol. The molecule has 27 heavy (non-hydrogen) atoms. The summed E-state index contributed by atoms with van der Waals surface area (Å²) in [7, 11) is -0.609. The van der Waals surface area contributed by atoms with Gasteiger partial charge in [-0.1, -0.05) is 11.6 Å². The van der Waals surface area contributed by atoms with Crippen molar-refractivity contribution >= 4 is 30.9 Å². The third-order valence-electron chi connectivity index (χ3n) is 4.48.